The van der Waals surface area contributed by atoms with E-state index in [4.69, 9.17) is 28.9 Å². The van der Waals surface area contributed by atoms with E-state index in [0.717, 1.165) is 30.8 Å². The van der Waals surface area contributed by atoms with Crippen LogP contribution in [0.2, 0.25) is 5.02 Å². The van der Waals surface area contributed by atoms with E-state index in [1.807, 2.05) is 47.1 Å². The van der Waals surface area contributed by atoms with Gasteiger partial charge >= 0.3 is 0 Å². The zero-order chi connectivity index (χ0) is 19.5. The molecule has 7 heteroatoms. The molecule has 1 aromatic heterocycles. The Bertz CT molecular complexity index is 984. The van der Waals surface area contributed by atoms with Crippen molar-refractivity contribution in [1.29, 1.82) is 0 Å². The molecule has 1 aliphatic rings. The van der Waals surface area contributed by atoms with Crippen LogP contribution in [0.1, 0.15) is 18.4 Å². The van der Waals surface area contributed by atoms with Gasteiger partial charge in [0.15, 0.2) is 10.6 Å². The standard InChI is InChI=1S/C21H23ClN4OS/c22-18-10-8-17(9-11-18)20-23-26(15-24-12-4-7-19(27)14-24)21(28)25(20)13-16-5-2-1-3-6-16/h1-3,5-6,8-11,19,27H,4,7,12-15H2/t19-/m1/s1. The number of rotatable bonds is 5. The lowest BCUT2D eigenvalue weighted by atomic mass is 10.1. The molecule has 1 atom stereocenters. The number of halogens is 1. The van der Waals surface area contributed by atoms with Gasteiger partial charge in [0.1, 0.15) is 0 Å². The number of aromatic nitrogens is 3. The molecule has 4 rings (SSSR count). The minimum atomic E-state index is -0.273. The first-order valence-electron chi connectivity index (χ1n) is 9.48. The van der Waals surface area contributed by atoms with Gasteiger partial charge in [-0.05, 0) is 54.9 Å². The third-order valence-electron chi connectivity index (χ3n) is 5.02. The summed E-state index contributed by atoms with van der Waals surface area (Å²) in [6.07, 6.45) is 1.58. The van der Waals surface area contributed by atoms with E-state index in [9.17, 15) is 5.11 Å². The number of nitrogens with zero attached hydrogens (tertiary/aromatic N) is 4. The van der Waals surface area contributed by atoms with Crippen molar-refractivity contribution in [2.24, 2.45) is 0 Å². The highest BCUT2D eigenvalue weighted by Crippen LogP contribution is 2.22. The van der Waals surface area contributed by atoms with Gasteiger partial charge in [0.25, 0.3) is 0 Å². The second kappa shape index (κ2) is 8.57. The van der Waals surface area contributed by atoms with Gasteiger partial charge in [-0.1, -0.05) is 41.9 Å². The molecule has 2 heterocycles. The van der Waals surface area contributed by atoms with Crippen LogP contribution < -0.4 is 0 Å². The maximum Gasteiger partial charge on any atom is 0.199 e. The predicted octanol–water partition coefficient (Wildman–Crippen LogP) is 4.20. The predicted molar refractivity (Wildman–Crippen MR) is 114 cm³/mol. The van der Waals surface area contributed by atoms with E-state index in [0.29, 0.717) is 29.6 Å². The van der Waals surface area contributed by atoms with E-state index in [-0.39, 0.29) is 6.10 Å². The summed E-state index contributed by atoms with van der Waals surface area (Å²) in [6, 6.07) is 17.9. The van der Waals surface area contributed by atoms with Crippen molar-refractivity contribution >= 4 is 23.8 Å². The molecule has 1 fully saturated rings. The zero-order valence-corrected chi connectivity index (χ0v) is 17.1. The van der Waals surface area contributed by atoms with E-state index in [1.165, 1.54) is 5.56 Å². The van der Waals surface area contributed by atoms with Gasteiger partial charge in [-0.2, -0.15) is 5.10 Å². The molecule has 2 aromatic carbocycles. The first-order chi connectivity index (χ1) is 13.6. The number of hydrogen-bond acceptors (Lipinski definition) is 4. The van der Waals surface area contributed by atoms with Gasteiger partial charge in [0, 0.05) is 23.7 Å². The Labute approximate surface area is 174 Å². The summed E-state index contributed by atoms with van der Waals surface area (Å²) in [5, 5.41) is 15.5. The molecule has 1 aliphatic heterocycles. The average Bonchev–Trinajstić information content (AvgIpc) is 2.99. The van der Waals surface area contributed by atoms with Crippen LogP contribution in [0.15, 0.2) is 54.6 Å². The van der Waals surface area contributed by atoms with Gasteiger partial charge in [0.05, 0.1) is 19.3 Å². The van der Waals surface area contributed by atoms with Crippen molar-refractivity contribution in [2.75, 3.05) is 13.1 Å². The molecule has 0 amide bonds. The number of β-amino-alcohol motifs (C(OH)–C–C–N with tert-alkyl or cyclic N) is 1. The minimum absolute atomic E-state index is 0.273. The summed E-state index contributed by atoms with van der Waals surface area (Å²) in [6.45, 7) is 2.84. The van der Waals surface area contributed by atoms with Crippen LogP contribution in [0, 0.1) is 4.77 Å². The molecular weight excluding hydrogens is 392 g/mol. The van der Waals surface area contributed by atoms with Crippen molar-refractivity contribution in [2.45, 2.75) is 32.2 Å². The highest BCUT2D eigenvalue weighted by Gasteiger charge is 2.20. The molecule has 0 aliphatic carbocycles. The molecule has 146 valence electrons. The lowest BCUT2D eigenvalue weighted by Crippen LogP contribution is -2.39. The van der Waals surface area contributed by atoms with Gasteiger partial charge < -0.3 is 5.11 Å². The molecule has 0 spiro atoms. The molecule has 0 unspecified atom stereocenters. The number of hydrogen-bond donors (Lipinski definition) is 1. The quantitative estimate of drug-likeness (QED) is 0.635. The number of benzene rings is 2. The minimum Gasteiger partial charge on any atom is -0.392 e. The summed E-state index contributed by atoms with van der Waals surface area (Å²) >= 11 is 11.8. The summed E-state index contributed by atoms with van der Waals surface area (Å²) in [4.78, 5) is 2.20. The molecule has 0 saturated carbocycles. The first kappa shape index (κ1) is 19.3. The van der Waals surface area contributed by atoms with Gasteiger partial charge in [-0.3, -0.25) is 9.47 Å². The van der Waals surface area contributed by atoms with Crippen molar-refractivity contribution in [3.63, 3.8) is 0 Å². The van der Waals surface area contributed by atoms with Crippen LogP contribution in [0.4, 0.5) is 0 Å². The molecule has 0 radical (unpaired) electrons. The molecule has 28 heavy (non-hydrogen) atoms. The largest absolute Gasteiger partial charge is 0.392 e. The maximum absolute atomic E-state index is 9.97. The molecule has 1 saturated heterocycles. The van der Waals surface area contributed by atoms with Crippen LogP contribution in [-0.2, 0) is 13.2 Å². The Morgan fingerprint density at radius 2 is 1.86 bits per heavy atom. The van der Waals surface area contributed by atoms with Crippen molar-refractivity contribution in [3.05, 3.63) is 70.0 Å². The molecule has 3 aromatic rings. The van der Waals surface area contributed by atoms with E-state index in [1.54, 1.807) is 0 Å². The van der Waals surface area contributed by atoms with Crippen LogP contribution >= 0.6 is 23.8 Å². The summed E-state index contributed by atoms with van der Waals surface area (Å²) in [7, 11) is 0. The Kier molecular flexibility index (Phi) is 5.92. The highest BCUT2D eigenvalue weighted by atomic mass is 35.5. The second-order valence-corrected chi connectivity index (χ2v) is 8.00. The summed E-state index contributed by atoms with van der Waals surface area (Å²) in [5.41, 5.74) is 2.14. The molecule has 5 nitrogen and oxygen atoms in total. The number of aliphatic hydroxyl groups is 1. The number of likely N-dealkylation sites (tertiary alicyclic amines) is 1. The zero-order valence-electron chi connectivity index (χ0n) is 15.5. The third-order valence-corrected chi connectivity index (χ3v) is 5.71. The fraction of sp³-hybridized carbons (Fsp3) is 0.333. The Morgan fingerprint density at radius 3 is 2.57 bits per heavy atom. The van der Waals surface area contributed by atoms with Crippen LogP contribution in [0.5, 0.6) is 0 Å². The van der Waals surface area contributed by atoms with E-state index < -0.39 is 0 Å². The molecule has 0 bridgehead atoms. The highest BCUT2D eigenvalue weighted by molar-refractivity contribution is 7.71. The van der Waals surface area contributed by atoms with Crippen molar-refractivity contribution < 1.29 is 5.11 Å². The average molecular weight is 415 g/mol. The van der Waals surface area contributed by atoms with Gasteiger partial charge in [-0.15, -0.1) is 0 Å². The summed E-state index contributed by atoms with van der Waals surface area (Å²) < 4.78 is 4.60. The Morgan fingerprint density at radius 1 is 1.11 bits per heavy atom. The van der Waals surface area contributed by atoms with Crippen LogP contribution in [-0.4, -0.2) is 43.5 Å². The number of piperidine rings is 1. The van der Waals surface area contributed by atoms with Crippen molar-refractivity contribution in [1.82, 2.24) is 19.2 Å². The molecule has 1 N–H and O–H groups in total. The third kappa shape index (κ3) is 4.36. The smallest absolute Gasteiger partial charge is 0.199 e. The second-order valence-electron chi connectivity index (χ2n) is 7.20. The molecular formula is C21H23ClN4OS. The maximum atomic E-state index is 9.97. The van der Waals surface area contributed by atoms with Gasteiger partial charge in [-0.25, -0.2) is 4.68 Å². The fourth-order valence-electron chi connectivity index (χ4n) is 3.60. The van der Waals surface area contributed by atoms with E-state index >= 15 is 0 Å². The Hall–Kier alpha value is -1.99. The number of aliphatic hydroxyl groups excluding tert-OH is 1. The van der Waals surface area contributed by atoms with Crippen LogP contribution in [0.25, 0.3) is 11.4 Å². The SMILES string of the molecule is O[C@@H]1CCCN(Cn2nc(-c3ccc(Cl)cc3)n(Cc3ccccc3)c2=S)C1. The van der Waals surface area contributed by atoms with Crippen LogP contribution in [0.3, 0.4) is 0 Å². The van der Waals surface area contributed by atoms with Gasteiger partial charge in [0.2, 0.25) is 0 Å². The first-order valence-corrected chi connectivity index (χ1v) is 10.3. The monoisotopic (exact) mass is 414 g/mol. The topological polar surface area (TPSA) is 46.2 Å². The summed E-state index contributed by atoms with van der Waals surface area (Å²) in [5.74, 6) is 0.822. The van der Waals surface area contributed by atoms with E-state index in [2.05, 4.69) is 21.6 Å². The lowest BCUT2D eigenvalue weighted by molar-refractivity contribution is 0.0513. The van der Waals surface area contributed by atoms with Crippen molar-refractivity contribution in [3.8, 4) is 11.4 Å². The normalized spacial score (nSPS) is 17.7. The lowest BCUT2D eigenvalue weighted by Gasteiger charge is -2.29. The fourth-order valence-corrected chi connectivity index (χ4v) is 3.98. The Balaban J connectivity index is 1.70.